The van der Waals surface area contributed by atoms with Crippen molar-refractivity contribution in [2.75, 3.05) is 13.7 Å². The molecule has 19 heavy (non-hydrogen) atoms. The number of rotatable bonds is 7. The maximum Gasteiger partial charge on any atom is 0.220 e. The fourth-order valence-electron chi connectivity index (χ4n) is 2.67. The molecular formula is C15H29NO3. The maximum absolute atomic E-state index is 11.9. The van der Waals surface area contributed by atoms with Gasteiger partial charge in [0.05, 0.1) is 11.7 Å². The standard InChI is InChI=1S/C15H29NO3/c1-4-15(18,5-2)11-16-14(17)10-12-6-8-13(19-3)9-7-12/h12-13,18H,4-11H2,1-3H3,(H,16,17). The number of amides is 1. The molecule has 0 heterocycles. The Hall–Kier alpha value is -0.610. The van der Waals surface area contributed by atoms with E-state index in [1.807, 2.05) is 13.8 Å². The van der Waals surface area contributed by atoms with E-state index in [0.29, 0.717) is 37.8 Å². The number of ether oxygens (including phenoxy) is 1. The van der Waals surface area contributed by atoms with Crippen LogP contribution in [0.5, 0.6) is 0 Å². The summed E-state index contributed by atoms with van der Waals surface area (Å²) in [5.74, 6) is 0.545. The number of hydrogen-bond acceptors (Lipinski definition) is 3. The molecule has 0 spiro atoms. The molecule has 0 aliphatic heterocycles. The number of hydrogen-bond donors (Lipinski definition) is 2. The smallest absolute Gasteiger partial charge is 0.220 e. The summed E-state index contributed by atoms with van der Waals surface area (Å²) in [7, 11) is 1.76. The molecule has 2 N–H and O–H groups in total. The minimum atomic E-state index is -0.747. The van der Waals surface area contributed by atoms with Crippen LogP contribution < -0.4 is 5.32 Å². The summed E-state index contributed by atoms with van der Waals surface area (Å²) in [6.07, 6.45) is 6.55. The highest BCUT2D eigenvalue weighted by molar-refractivity contribution is 5.76. The van der Waals surface area contributed by atoms with Crippen molar-refractivity contribution in [3.63, 3.8) is 0 Å². The summed E-state index contributed by atoms with van der Waals surface area (Å²) in [5.41, 5.74) is -0.747. The van der Waals surface area contributed by atoms with Crippen molar-refractivity contribution in [3.8, 4) is 0 Å². The van der Waals surface area contributed by atoms with Crippen molar-refractivity contribution in [1.29, 1.82) is 0 Å². The lowest BCUT2D eigenvalue weighted by Crippen LogP contribution is -2.42. The van der Waals surface area contributed by atoms with Gasteiger partial charge in [0.2, 0.25) is 5.91 Å². The third-order valence-electron chi connectivity index (χ3n) is 4.53. The molecule has 4 heteroatoms. The Kier molecular flexibility index (Phi) is 6.80. The summed E-state index contributed by atoms with van der Waals surface area (Å²) in [4.78, 5) is 11.9. The second-order valence-electron chi connectivity index (χ2n) is 5.79. The second kappa shape index (κ2) is 7.85. The van der Waals surface area contributed by atoms with Crippen LogP contribution in [-0.2, 0) is 9.53 Å². The van der Waals surface area contributed by atoms with E-state index in [1.165, 1.54) is 0 Å². The second-order valence-corrected chi connectivity index (χ2v) is 5.79. The van der Waals surface area contributed by atoms with Crippen LogP contribution in [0.25, 0.3) is 0 Å². The molecule has 4 nitrogen and oxygen atoms in total. The van der Waals surface area contributed by atoms with Crippen molar-refractivity contribution >= 4 is 5.91 Å². The first-order valence-corrected chi connectivity index (χ1v) is 7.54. The van der Waals surface area contributed by atoms with Crippen LogP contribution in [0.1, 0.15) is 58.8 Å². The third kappa shape index (κ3) is 5.49. The number of carbonyl (C=O) groups excluding carboxylic acids is 1. The molecule has 0 saturated heterocycles. The van der Waals surface area contributed by atoms with Gasteiger partial charge < -0.3 is 15.2 Å². The van der Waals surface area contributed by atoms with Gasteiger partial charge in [0.15, 0.2) is 0 Å². The predicted octanol–water partition coefficient (Wildman–Crippen LogP) is 2.25. The van der Waals surface area contributed by atoms with Gasteiger partial charge in [0.25, 0.3) is 0 Å². The zero-order valence-electron chi connectivity index (χ0n) is 12.6. The molecule has 0 radical (unpaired) electrons. The first kappa shape index (κ1) is 16.4. The molecule has 1 aliphatic carbocycles. The summed E-state index contributed by atoms with van der Waals surface area (Å²) >= 11 is 0. The molecule has 0 aromatic rings. The van der Waals surface area contributed by atoms with Crippen LogP contribution in [0.2, 0.25) is 0 Å². The Morgan fingerprint density at radius 3 is 2.32 bits per heavy atom. The normalized spacial score (nSPS) is 24.2. The highest BCUT2D eigenvalue weighted by Gasteiger charge is 2.25. The Balaban J connectivity index is 2.25. The summed E-state index contributed by atoms with van der Waals surface area (Å²) in [5, 5.41) is 13.0. The van der Waals surface area contributed by atoms with Crippen molar-refractivity contribution in [2.24, 2.45) is 5.92 Å². The molecule has 112 valence electrons. The number of nitrogens with one attached hydrogen (secondary N) is 1. The minimum absolute atomic E-state index is 0.0705. The summed E-state index contributed by atoms with van der Waals surface area (Å²) in [6.45, 7) is 4.26. The lowest BCUT2D eigenvalue weighted by Gasteiger charge is -2.28. The van der Waals surface area contributed by atoms with Gasteiger partial charge in [-0.05, 0) is 44.4 Å². The lowest BCUT2D eigenvalue weighted by molar-refractivity contribution is -0.123. The molecule has 1 fully saturated rings. The topological polar surface area (TPSA) is 58.6 Å². The van der Waals surface area contributed by atoms with Crippen molar-refractivity contribution in [2.45, 2.75) is 70.5 Å². The van der Waals surface area contributed by atoms with Crippen LogP contribution >= 0.6 is 0 Å². The van der Waals surface area contributed by atoms with E-state index < -0.39 is 5.60 Å². The quantitative estimate of drug-likeness (QED) is 0.746. The SMILES string of the molecule is CCC(O)(CC)CNC(=O)CC1CCC(OC)CC1. The Morgan fingerprint density at radius 2 is 1.84 bits per heavy atom. The van der Waals surface area contributed by atoms with E-state index in [0.717, 1.165) is 25.7 Å². The van der Waals surface area contributed by atoms with Crippen LogP contribution in [0.4, 0.5) is 0 Å². The van der Waals surface area contributed by atoms with Gasteiger partial charge in [-0.1, -0.05) is 13.8 Å². The zero-order chi connectivity index (χ0) is 14.3. The fraction of sp³-hybridized carbons (Fsp3) is 0.933. The molecule has 1 amide bonds. The van der Waals surface area contributed by atoms with Gasteiger partial charge in [-0.2, -0.15) is 0 Å². The minimum Gasteiger partial charge on any atom is -0.388 e. The molecule has 1 saturated carbocycles. The molecule has 0 aromatic heterocycles. The monoisotopic (exact) mass is 271 g/mol. The molecule has 1 aliphatic rings. The van der Waals surface area contributed by atoms with E-state index in [9.17, 15) is 9.90 Å². The van der Waals surface area contributed by atoms with E-state index in [-0.39, 0.29) is 5.91 Å². The van der Waals surface area contributed by atoms with Crippen LogP contribution in [0.3, 0.4) is 0 Å². The molecular weight excluding hydrogens is 242 g/mol. The zero-order valence-corrected chi connectivity index (χ0v) is 12.6. The largest absolute Gasteiger partial charge is 0.388 e. The molecule has 0 atom stereocenters. The Morgan fingerprint density at radius 1 is 1.26 bits per heavy atom. The van der Waals surface area contributed by atoms with E-state index in [2.05, 4.69) is 5.32 Å². The van der Waals surface area contributed by atoms with Crippen LogP contribution in [0.15, 0.2) is 0 Å². The van der Waals surface area contributed by atoms with Gasteiger partial charge in [-0.15, -0.1) is 0 Å². The molecule has 0 unspecified atom stereocenters. The summed E-state index contributed by atoms with van der Waals surface area (Å²) in [6, 6.07) is 0. The molecule has 0 bridgehead atoms. The fourth-order valence-corrected chi connectivity index (χ4v) is 2.67. The van der Waals surface area contributed by atoms with E-state index in [1.54, 1.807) is 7.11 Å². The highest BCUT2D eigenvalue weighted by Crippen LogP contribution is 2.28. The van der Waals surface area contributed by atoms with Crippen LogP contribution in [-0.4, -0.2) is 36.4 Å². The molecule has 1 rings (SSSR count). The average molecular weight is 271 g/mol. The van der Waals surface area contributed by atoms with Crippen molar-refractivity contribution in [1.82, 2.24) is 5.32 Å². The summed E-state index contributed by atoms with van der Waals surface area (Å²) < 4.78 is 5.33. The highest BCUT2D eigenvalue weighted by atomic mass is 16.5. The first-order valence-electron chi connectivity index (χ1n) is 7.54. The first-order chi connectivity index (χ1) is 9.03. The van der Waals surface area contributed by atoms with E-state index in [4.69, 9.17) is 4.74 Å². The van der Waals surface area contributed by atoms with Crippen molar-refractivity contribution < 1.29 is 14.6 Å². The van der Waals surface area contributed by atoms with Crippen LogP contribution in [0, 0.1) is 5.92 Å². The number of methoxy groups -OCH3 is 1. The Labute approximate surface area is 116 Å². The maximum atomic E-state index is 11.9. The third-order valence-corrected chi connectivity index (χ3v) is 4.53. The van der Waals surface area contributed by atoms with Gasteiger partial charge in [-0.25, -0.2) is 0 Å². The average Bonchev–Trinajstić information content (AvgIpc) is 2.45. The predicted molar refractivity (Wildman–Crippen MR) is 75.9 cm³/mol. The van der Waals surface area contributed by atoms with Gasteiger partial charge in [-0.3, -0.25) is 4.79 Å². The van der Waals surface area contributed by atoms with Crippen molar-refractivity contribution in [3.05, 3.63) is 0 Å². The Bertz CT molecular complexity index is 269. The van der Waals surface area contributed by atoms with Gasteiger partial charge >= 0.3 is 0 Å². The van der Waals surface area contributed by atoms with Gasteiger partial charge in [0, 0.05) is 20.1 Å². The number of carbonyl (C=O) groups is 1. The van der Waals surface area contributed by atoms with Gasteiger partial charge in [0.1, 0.15) is 0 Å². The molecule has 0 aromatic carbocycles. The lowest BCUT2D eigenvalue weighted by atomic mass is 9.85. The van der Waals surface area contributed by atoms with E-state index >= 15 is 0 Å². The number of aliphatic hydroxyl groups is 1.